The van der Waals surface area contributed by atoms with Gasteiger partial charge in [0, 0.05) is 20.2 Å². The molecule has 4 nitrogen and oxygen atoms in total. The molecular formula is C17H24BrNO3. The molecule has 5 heteroatoms. The highest BCUT2D eigenvalue weighted by atomic mass is 79.9. The van der Waals surface area contributed by atoms with E-state index in [1.54, 1.807) is 11.8 Å². The van der Waals surface area contributed by atoms with Gasteiger partial charge in [-0.3, -0.25) is 4.79 Å². The van der Waals surface area contributed by atoms with Gasteiger partial charge < -0.3 is 14.4 Å². The molecule has 0 spiro atoms. The summed E-state index contributed by atoms with van der Waals surface area (Å²) in [6.45, 7) is 5.36. The van der Waals surface area contributed by atoms with Gasteiger partial charge in [-0.15, -0.1) is 0 Å². The number of carbonyl (C=O) groups is 1. The van der Waals surface area contributed by atoms with Gasteiger partial charge in [0.05, 0.1) is 10.6 Å². The molecule has 1 amide bonds. The Morgan fingerprint density at radius 3 is 2.95 bits per heavy atom. The van der Waals surface area contributed by atoms with Crippen molar-refractivity contribution in [1.82, 2.24) is 4.90 Å². The Labute approximate surface area is 140 Å². The first kappa shape index (κ1) is 17.3. The van der Waals surface area contributed by atoms with Crippen molar-refractivity contribution in [3.63, 3.8) is 0 Å². The number of aryl methyl sites for hydroxylation is 1. The second-order valence-electron chi connectivity index (χ2n) is 5.88. The van der Waals surface area contributed by atoms with Gasteiger partial charge in [0.15, 0.2) is 6.10 Å². The summed E-state index contributed by atoms with van der Waals surface area (Å²) < 4.78 is 12.2. The van der Waals surface area contributed by atoms with Crippen LogP contribution < -0.4 is 4.74 Å². The smallest absolute Gasteiger partial charge is 0.263 e. The Morgan fingerprint density at radius 1 is 1.55 bits per heavy atom. The Kier molecular flexibility index (Phi) is 6.26. The lowest BCUT2D eigenvalue weighted by atomic mass is 10.2. The van der Waals surface area contributed by atoms with Gasteiger partial charge in [-0.05, 0) is 66.7 Å². The van der Waals surface area contributed by atoms with Crippen LogP contribution in [0.1, 0.15) is 31.7 Å². The fraction of sp³-hybridized carbons (Fsp3) is 0.588. The molecule has 1 aliphatic heterocycles. The fourth-order valence-electron chi connectivity index (χ4n) is 2.57. The largest absolute Gasteiger partial charge is 0.480 e. The van der Waals surface area contributed by atoms with Crippen LogP contribution in [0, 0.1) is 6.92 Å². The second kappa shape index (κ2) is 7.97. The lowest BCUT2D eigenvalue weighted by Crippen LogP contribution is -2.39. The van der Waals surface area contributed by atoms with Crippen LogP contribution in [0.4, 0.5) is 0 Å². The number of nitrogens with zero attached hydrogens (tertiary/aromatic N) is 1. The highest BCUT2D eigenvalue weighted by Crippen LogP contribution is 2.27. The molecule has 2 atom stereocenters. The maximum Gasteiger partial charge on any atom is 0.263 e. The van der Waals surface area contributed by atoms with Crippen molar-refractivity contribution in [3.8, 4) is 5.75 Å². The van der Waals surface area contributed by atoms with Crippen molar-refractivity contribution in [2.75, 3.05) is 20.2 Å². The standard InChI is InChI=1S/C17H24BrNO3/c1-12-6-7-16(15(18)11-12)22-13(2)17(20)19(3)9-8-14-5-4-10-21-14/h6-7,11,13-14H,4-5,8-10H2,1-3H3/t13-,14-/m0/s1. The molecule has 1 aromatic carbocycles. The SMILES string of the molecule is Cc1ccc(O[C@@H](C)C(=O)N(C)CC[C@@H]2CCCO2)c(Br)c1. The summed E-state index contributed by atoms with van der Waals surface area (Å²) >= 11 is 3.47. The van der Waals surface area contributed by atoms with Gasteiger partial charge in [-0.1, -0.05) is 6.07 Å². The number of rotatable bonds is 6. The third-order valence-electron chi connectivity index (χ3n) is 3.93. The molecule has 0 bridgehead atoms. The third kappa shape index (κ3) is 4.71. The Morgan fingerprint density at radius 2 is 2.32 bits per heavy atom. The molecule has 0 aromatic heterocycles. The molecule has 0 aliphatic carbocycles. The molecule has 0 saturated carbocycles. The molecule has 1 aliphatic rings. The average Bonchev–Trinajstić information content (AvgIpc) is 3.00. The molecule has 1 saturated heterocycles. The molecule has 1 fully saturated rings. The summed E-state index contributed by atoms with van der Waals surface area (Å²) in [5, 5.41) is 0. The van der Waals surface area contributed by atoms with Crippen molar-refractivity contribution >= 4 is 21.8 Å². The van der Waals surface area contributed by atoms with Crippen LogP contribution in [0.15, 0.2) is 22.7 Å². The van der Waals surface area contributed by atoms with E-state index in [0.29, 0.717) is 18.4 Å². The van der Waals surface area contributed by atoms with Crippen LogP contribution in [-0.4, -0.2) is 43.2 Å². The minimum Gasteiger partial charge on any atom is -0.480 e. The predicted molar refractivity (Wildman–Crippen MR) is 90.2 cm³/mol. The van der Waals surface area contributed by atoms with Gasteiger partial charge >= 0.3 is 0 Å². The zero-order valence-electron chi connectivity index (χ0n) is 13.5. The monoisotopic (exact) mass is 369 g/mol. The summed E-state index contributed by atoms with van der Waals surface area (Å²) in [6, 6.07) is 5.83. The number of benzene rings is 1. The highest BCUT2D eigenvalue weighted by Gasteiger charge is 2.22. The van der Waals surface area contributed by atoms with E-state index in [9.17, 15) is 4.79 Å². The van der Waals surface area contributed by atoms with Crippen molar-refractivity contribution in [3.05, 3.63) is 28.2 Å². The number of halogens is 1. The Hall–Kier alpha value is -1.07. The first-order chi connectivity index (χ1) is 10.5. The molecule has 0 N–H and O–H groups in total. The molecule has 22 heavy (non-hydrogen) atoms. The van der Waals surface area contributed by atoms with E-state index in [2.05, 4.69) is 15.9 Å². The number of hydrogen-bond donors (Lipinski definition) is 0. The number of likely N-dealkylation sites (N-methyl/N-ethyl adjacent to an activating group) is 1. The second-order valence-corrected chi connectivity index (χ2v) is 6.73. The first-order valence-corrected chi connectivity index (χ1v) is 8.56. The van der Waals surface area contributed by atoms with Crippen LogP contribution in [-0.2, 0) is 9.53 Å². The quantitative estimate of drug-likeness (QED) is 0.769. The van der Waals surface area contributed by atoms with Gasteiger partial charge in [0.1, 0.15) is 5.75 Å². The van der Waals surface area contributed by atoms with Crippen LogP contribution in [0.25, 0.3) is 0 Å². The Bertz CT molecular complexity index is 515. The molecule has 2 rings (SSSR count). The highest BCUT2D eigenvalue weighted by molar-refractivity contribution is 9.10. The van der Waals surface area contributed by atoms with Gasteiger partial charge in [0.2, 0.25) is 0 Å². The Balaban J connectivity index is 1.84. The zero-order chi connectivity index (χ0) is 16.1. The van der Waals surface area contributed by atoms with E-state index in [-0.39, 0.29) is 5.91 Å². The maximum absolute atomic E-state index is 12.4. The summed E-state index contributed by atoms with van der Waals surface area (Å²) in [6.07, 6.45) is 2.92. The van der Waals surface area contributed by atoms with Crippen molar-refractivity contribution in [2.24, 2.45) is 0 Å². The average molecular weight is 370 g/mol. The predicted octanol–water partition coefficient (Wildman–Crippen LogP) is 3.55. The summed E-state index contributed by atoms with van der Waals surface area (Å²) in [4.78, 5) is 14.1. The lowest BCUT2D eigenvalue weighted by molar-refractivity contribution is -0.136. The topological polar surface area (TPSA) is 38.8 Å². The van der Waals surface area contributed by atoms with Crippen LogP contribution in [0.3, 0.4) is 0 Å². The number of carbonyl (C=O) groups excluding carboxylic acids is 1. The molecular weight excluding hydrogens is 346 g/mol. The minimum absolute atomic E-state index is 0.00882. The molecule has 122 valence electrons. The van der Waals surface area contributed by atoms with Crippen molar-refractivity contribution < 1.29 is 14.3 Å². The van der Waals surface area contributed by atoms with Gasteiger partial charge in [-0.25, -0.2) is 0 Å². The van der Waals surface area contributed by atoms with Gasteiger partial charge in [0.25, 0.3) is 5.91 Å². The fourth-order valence-corrected chi connectivity index (χ4v) is 3.16. The summed E-state index contributed by atoms with van der Waals surface area (Å²) in [5.41, 5.74) is 1.15. The third-order valence-corrected chi connectivity index (χ3v) is 4.55. The van der Waals surface area contributed by atoms with E-state index < -0.39 is 6.10 Å². The van der Waals surface area contributed by atoms with E-state index >= 15 is 0 Å². The number of ether oxygens (including phenoxy) is 2. The van der Waals surface area contributed by atoms with E-state index in [1.165, 1.54) is 0 Å². The molecule has 1 aromatic rings. The van der Waals surface area contributed by atoms with E-state index in [4.69, 9.17) is 9.47 Å². The molecule has 1 heterocycles. The summed E-state index contributed by atoms with van der Waals surface area (Å²) in [5.74, 6) is 0.685. The lowest BCUT2D eigenvalue weighted by Gasteiger charge is -2.23. The maximum atomic E-state index is 12.4. The summed E-state index contributed by atoms with van der Waals surface area (Å²) in [7, 11) is 1.82. The zero-order valence-corrected chi connectivity index (χ0v) is 15.1. The van der Waals surface area contributed by atoms with E-state index in [1.807, 2.05) is 32.2 Å². The van der Waals surface area contributed by atoms with Gasteiger partial charge in [-0.2, -0.15) is 0 Å². The molecule has 0 unspecified atom stereocenters. The minimum atomic E-state index is -0.506. The normalized spacial score (nSPS) is 19.0. The van der Waals surface area contributed by atoms with E-state index in [0.717, 1.165) is 35.9 Å². The first-order valence-electron chi connectivity index (χ1n) is 7.76. The van der Waals surface area contributed by atoms with Crippen LogP contribution >= 0.6 is 15.9 Å². The number of amides is 1. The number of hydrogen-bond acceptors (Lipinski definition) is 3. The van der Waals surface area contributed by atoms with Crippen molar-refractivity contribution in [2.45, 2.75) is 45.3 Å². The van der Waals surface area contributed by atoms with Crippen LogP contribution in [0.2, 0.25) is 0 Å². The van der Waals surface area contributed by atoms with Crippen molar-refractivity contribution in [1.29, 1.82) is 0 Å². The van der Waals surface area contributed by atoms with Crippen LogP contribution in [0.5, 0.6) is 5.75 Å². The molecule has 0 radical (unpaired) electrons.